The van der Waals surface area contributed by atoms with Crippen molar-refractivity contribution in [2.24, 2.45) is 0 Å². The summed E-state index contributed by atoms with van der Waals surface area (Å²) in [6, 6.07) is 16.3. The summed E-state index contributed by atoms with van der Waals surface area (Å²) in [4.78, 5) is 16.7. The predicted octanol–water partition coefficient (Wildman–Crippen LogP) is 4.61. The number of fused-ring (bicyclic) bond motifs is 1. The molecule has 174 valence electrons. The maximum Gasteiger partial charge on any atom is 0.228 e. The Kier molecular flexibility index (Phi) is 5.57. The summed E-state index contributed by atoms with van der Waals surface area (Å²) in [6.07, 6.45) is 0. The van der Waals surface area contributed by atoms with Crippen molar-refractivity contribution in [1.82, 2.24) is 19.5 Å². The van der Waals surface area contributed by atoms with Gasteiger partial charge in [0.15, 0.2) is 0 Å². The molecule has 9 heteroatoms. The van der Waals surface area contributed by atoms with Gasteiger partial charge in [0.1, 0.15) is 11.6 Å². The Balaban J connectivity index is 1.40. The van der Waals surface area contributed by atoms with Gasteiger partial charge in [-0.3, -0.25) is 0 Å². The average Bonchev–Trinajstić information content (AvgIpc) is 3.15. The predicted molar refractivity (Wildman–Crippen MR) is 133 cm³/mol. The number of anilines is 3. The summed E-state index contributed by atoms with van der Waals surface area (Å²) in [5, 5.41) is 4.09. The molecule has 2 aliphatic heterocycles. The largest absolute Gasteiger partial charge is 0.378 e. The van der Waals surface area contributed by atoms with E-state index in [9.17, 15) is 0 Å². The topological polar surface area (TPSA) is 77.3 Å². The summed E-state index contributed by atoms with van der Waals surface area (Å²) in [5.41, 5.74) is 4.83. The summed E-state index contributed by atoms with van der Waals surface area (Å²) < 4.78 is 13.2. The third-order valence-corrected chi connectivity index (χ3v) is 6.52. The number of ether oxygens (including phenoxy) is 2. The molecule has 0 atom stereocenters. The molecular formula is C25H25ClN6O2. The van der Waals surface area contributed by atoms with E-state index in [-0.39, 0.29) is 0 Å². The molecule has 2 saturated heterocycles. The van der Waals surface area contributed by atoms with Gasteiger partial charge in [-0.2, -0.15) is 4.98 Å². The van der Waals surface area contributed by atoms with Crippen LogP contribution in [0.1, 0.15) is 11.9 Å². The van der Waals surface area contributed by atoms with Crippen molar-refractivity contribution in [3.8, 4) is 11.3 Å². The van der Waals surface area contributed by atoms with E-state index in [4.69, 9.17) is 36.0 Å². The molecule has 34 heavy (non-hydrogen) atoms. The third kappa shape index (κ3) is 4.09. The van der Waals surface area contributed by atoms with E-state index in [1.165, 1.54) is 0 Å². The van der Waals surface area contributed by atoms with Crippen LogP contribution in [0, 0.1) is 6.92 Å². The van der Waals surface area contributed by atoms with E-state index in [1.807, 2.05) is 37.3 Å². The number of imidazole rings is 1. The number of rotatable bonds is 5. The number of nitrogens with zero attached hydrogens (tertiary/aromatic N) is 5. The molecule has 0 amide bonds. The van der Waals surface area contributed by atoms with Gasteiger partial charge in [0.25, 0.3) is 0 Å². The second kappa shape index (κ2) is 8.87. The van der Waals surface area contributed by atoms with Crippen LogP contribution < -0.4 is 10.2 Å². The zero-order valence-electron chi connectivity index (χ0n) is 18.9. The summed E-state index contributed by atoms with van der Waals surface area (Å²) in [7, 11) is 0. The molecule has 1 N–H and O–H groups in total. The molecule has 0 unspecified atom stereocenters. The lowest BCUT2D eigenvalue weighted by Crippen LogP contribution is -2.37. The van der Waals surface area contributed by atoms with Gasteiger partial charge in [0, 0.05) is 35.4 Å². The van der Waals surface area contributed by atoms with Crippen LogP contribution in [-0.4, -0.2) is 59.0 Å². The molecule has 0 radical (unpaired) electrons. The number of halogens is 1. The fourth-order valence-corrected chi connectivity index (χ4v) is 4.57. The van der Waals surface area contributed by atoms with Gasteiger partial charge in [-0.1, -0.05) is 17.7 Å². The lowest BCUT2D eigenvalue weighted by molar-refractivity contribution is -0.0224. The third-order valence-electron chi connectivity index (χ3n) is 6.27. The maximum absolute atomic E-state index is 6.05. The molecule has 0 saturated carbocycles. The van der Waals surface area contributed by atoms with Crippen molar-refractivity contribution in [2.75, 3.05) is 49.7 Å². The van der Waals surface area contributed by atoms with Gasteiger partial charge in [-0.05, 0) is 43.3 Å². The fraction of sp³-hybridized carbons (Fsp3) is 0.320. The first-order valence-electron chi connectivity index (χ1n) is 11.5. The quantitative estimate of drug-likeness (QED) is 0.450. The van der Waals surface area contributed by atoms with E-state index < -0.39 is 0 Å². The summed E-state index contributed by atoms with van der Waals surface area (Å²) in [6.45, 7) is 6.38. The van der Waals surface area contributed by atoms with Crippen molar-refractivity contribution in [2.45, 2.75) is 13.0 Å². The first-order valence-corrected chi connectivity index (χ1v) is 11.8. The monoisotopic (exact) mass is 476 g/mol. The van der Waals surface area contributed by atoms with Crippen LogP contribution in [0.3, 0.4) is 0 Å². The smallest absolute Gasteiger partial charge is 0.228 e. The number of benzene rings is 2. The zero-order valence-corrected chi connectivity index (χ0v) is 19.6. The zero-order chi connectivity index (χ0) is 23.1. The highest BCUT2D eigenvalue weighted by Gasteiger charge is 2.24. The highest BCUT2D eigenvalue weighted by atomic mass is 35.5. The van der Waals surface area contributed by atoms with Gasteiger partial charge in [-0.15, -0.1) is 0 Å². The second-order valence-corrected chi connectivity index (χ2v) is 9.03. The molecule has 8 nitrogen and oxygen atoms in total. The minimum atomic E-state index is 0.359. The number of hydrogen-bond donors (Lipinski definition) is 1. The van der Waals surface area contributed by atoms with E-state index in [1.54, 1.807) is 0 Å². The highest BCUT2D eigenvalue weighted by Crippen LogP contribution is 2.31. The fourth-order valence-electron chi connectivity index (χ4n) is 4.44. The van der Waals surface area contributed by atoms with Crippen LogP contribution in [0.25, 0.3) is 22.3 Å². The van der Waals surface area contributed by atoms with Crippen LogP contribution in [0.5, 0.6) is 0 Å². The van der Waals surface area contributed by atoms with Crippen LogP contribution in [0.2, 0.25) is 5.02 Å². The van der Waals surface area contributed by atoms with Gasteiger partial charge in [0.05, 0.1) is 49.2 Å². The molecule has 4 heterocycles. The molecule has 2 fully saturated rings. The lowest BCUT2D eigenvalue weighted by Gasteiger charge is -2.28. The molecule has 2 aromatic heterocycles. The molecule has 0 aliphatic carbocycles. The summed E-state index contributed by atoms with van der Waals surface area (Å²) >= 11 is 6.05. The normalized spacial score (nSPS) is 16.6. The Morgan fingerprint density at radius 2 is 1.74 bits per heavy atom. The second-order valence-electron chi connectivity index (χ2n) is 8.59. The van der Waals surface area contributed by atoms with Crippen molar-refractivity contribution < 1.29 is 9.47 Å². The molecule has 0 spiro atoms. The van der Waals surface area contributed by atoms with E-state index in [2.05, 4.69) is 33.0 Å². The number of nitrogens with one attached hydrogen (secondary N) is 1. The van der Waals surface area contributed by atoms with Crippen molar-refractivity contribution in [3.05, 3.63) is 59.4 Å². The first kappa shape index (κ1) is 21.3. The maximum atomic E-state index is 6.05. The molecule has 6 rings (SSSR count). The van der Waals surface area contributed by atoms with E-state index in [0.717, 1.165) is 65.9 Å². The SMILES string of the molecule is Cc1nc2cc(-c3cc(Nc4ccc(Cl)cc4)nc(N4CCOCC4)n3)ccc2n1C1COC1. The highest BCUT2D eigenvalue weighted by molar-refractivity contribution is 6.30. The van der Waals surface area contributed by atoms with Gasteiger partial charge in [0.2, 0.25) is 5.95 Å². The Hall–Kier alpha value is -3.20. The van der Waals surface area contributed by atoms with Gasteiger partial charge in [-0.25, -0.2) is 9.97 Å². The number of morpholine rings is 1. The standard InChI is InChI=1S/C25H25ClN6O2/c1-16-27-22-12-17(2-7-23(22)32(16)20-14-34-15-20)21-13-24(28-19-5-3-18(26)4-6-19)30-25(29-21)31-8-10-33-11-9-31/h2-7,12-13,20H,8-11,14-15H2,1H3,(H,28,29,30). The van der Waals surface area contributed by atoms with Crippen LogP contribution in [0.4, 0.5) is 17.5 Å². The molecule has 4 aromatic rings. The van der Waals surface area contributed by atoms with Crippen LogP contribution in [-0.2, 0) is 9.47 Å². The first-order chi connectivity index (χ1) is 16.6. The van der Waals surface area contributed by atoms with Crippen LogP contribution >= 0.6 is 11.6 Å². The summed E-state index contributed by atoms with van der Waals surface area (Å²) in [5.74, 6) is 2.41. The van der Waals surface area contributed by atoms with Crippen LogP contribution in [0.15, 0.2) is 48.5 Å². The van der Waals surface area contributed by atoms with E-state index in [0.29, 0.717) is 30.2 Å². The van der Waals surface area contributed by atoms with Crippen molar-refractivity contribution >= 4 is 40.1 Å². The number of hydrogen-bond acceptors (Lipinski definition) is 7. The van der Waals surface area contributed by atoms with Gasteiger partial charge >= 0.3 is 0 Å². The minimum absolute atomic E-state index is 0.359. The lowest BCUT2D eigenvalue weighted by atomic mass is 10.1. The molecule has 2 aromatic carbocycles. The van der Waals surface area contributed by atoms with Crippen molar-refractivity contribution in [3.63, 3.8) is 0 Å². The number of aryl methyl sites for hydroxylation is 1. The average molecular weight is 477 g/mol. The Morgan fingerprint density at radius 3 is 2.47 bits per heavy atom. The van der Waals surface area contributed by atoms with Gasteiger partial charge < -0.3 is 24.3 Å². The van der Waals surface area contributed by atoms with Crippen molar-refractivity contribution in [1.29, 1.82) is 0 Å². The molecule has 0 bridgehead atoms. The Labute approximate surface area is 202 Å². The number of aromatic nitrogens is 4. The molecule has 2 aliphatic rings. The Morgan fingerprint density at radius 1 is 0.941 bits per heavy atom. The Bertz CT molecular complexity index is 1330. The minimum Gasteiger partial charge on any atom is -0.378 e. The van der Waals surface area contributed by atoms with E-state index >= 15 is 0 Å². The molecular weight excluding hydrogens is 452 g/mol.